The molecule has 0 saturated heterocycles. The van der Waals surface area contributed by atoms with Crippen molar-refractivity contribution in [1.82, 2.24) is 0 Å². The standard InChI is InChI=1S/C12H12F4O5S/c1-3-5(2)4-6(17)21-11-7(13)9(15)12(22(18,19)20)10(16)8(11)14/h5H,3-4H2,1-2H3,(H,18,19,20). The molecule has 22 heavy (non-hydrogen) atoms. The molecule has 0 aliphatic carbocycles. The smallest absolute Gasteiger partial charge is 0.311 e. The first-order valence-corrected chi connectivity index (χ1v) is 7.48. The van der Waals surface area contributed by atoms with Crippen LogP contribution < -0.4 is 4.74 Å². The Balaban J connectivity index is 3.33. The number of carbonyl (C=O) groups excluding carboxylic acids is 1. The lowest BCUT2D eigenvalue weighted by atomic mass is 10.1. The molecule has 1 rings (SSSR count). The van der Waals surface area contributed by atoms with Gasteiger partial charge in [-0.2, -0.15) is 17.2 Å². The first kappa shape index (κ1) is 18.4. The van der Waals surface area contributed by atoms with Crippen LogP contribution in [0.15, 0.2) is 4.90 Å². The summed E-state index contributed by atoms with van der Waals surface area (Å²) in [6, 6.07) is 0. The average Bonchev–Trinajstić information content (AvgIpc) is 2.39. The number of esters is 1. The number of hydrogen-bond donors (Lipinski definition) is 1. The molecule has 0 aliphatic rings. The highest BCUT2D eigenvalue weighted by Crippen LogP contribution is 2.32. The quantitative estimate of drug-likeness (QED) is 0.292. The molecule has 0 heterocycles. The highest BCUT2D eigenvalue weighted by atomic mass is 32.2. The third-order valence-electron chi connectivity index (χ3n) is 2.87. The molecule has 1 aromatic rings. The zero-order chi connectivity index (χ0) is 17.2. The molecule has 10 heteroatoms. The van der Waals surface area contributed by atoms with Crippen molar-refractivity contribution in [2.45, 2.75) is 31.6 Å². The molecule has 0 radical (unpaired) electrons. The number of halogens is 4. The number of ether oxygens (including phenoxy) is 1. The first-order valence-electron chi connectivity index (χ1n) is 6.04. The Labute approximate surface area is 123 Å². The molecule has 1 atom stereocenters. The predicted molar refractivity (Wildman–Crippen MR) is 65.8 cm³/mol. The maximum Gasteiger partial charge on any atom is 0.311 e. The summed E-state index contributed by atoms with van der Waals surface area (Å²) in [6.45, 7) is 3.37. The van der Waals surface area contributed by atoms with E-state index in [2.05, 4.69) is 4.74 Å². The molecule has 0 spiro atoms. The van der Waals surface area contributed by atoms with Gasteiger partial charge in [-0.1, -0.05) is 20.3 Å². The SMILES string of the molecule is CCC(C)CC(=O)Oc1c(F)c(F)c(S(=O)(=O)O)c(F)c1F. The Morgan fingerprint density at radius 1 is 1.14 bits per heavy atom. The molecular formula is C12H12F4O5S. The molecule has 0 saturated carbocycles. The van der Waals surface area contributed by atoms with Crippen LogP contribution in [-0.4, -0.2) is 18.9 Å². The van der Waals surface area contributed by atoms with E-state index in [1.54, 1.807) is 13.8 Å². The van der Waals surface area contributed by atoms with Gasteiger partial charge in [-0.15, -0.1) is 0 Å². The second-order valence-electron chi connectivity index (χ2n) is 4.58. The van der Waals surface area contributed by atoms with E-state index < -0.39 is 50.0 Å². The molecule has 0 aliphatic heterocycles. The highest BCUT2D eigenvalue weighted by molar-refractivity contribution is 7.85. The summed E-state index contributed by atoms with van der Waals surface area (Å²) < 4.78 is 88.4. The zero-order valence-corrected chi connectivity index (χ0v) is 12.3. The molecule has 5 nitrogen and oxygen atoms in total. The van der Waals surface area contributed by atoms with Crippen LogP contribution in [0.25, 0.3) is 0 Å². The van der Waals surface area contributed by atoms with Crippen LogP contribution in [0.4, 0.5) is 17.6 Å². The number of benzene rings is 1. The van der Waals surface area contributed by atoms with E-state index in [1.165, 1.54) is 0 Å². The van der Waals surface area contributed by atoms with Crippen molar-refractivity contribution in [3.8, 4) is 5.75 Å². The summed E-state index contributed by atoms with van der Waals surface area (Å²) >= 11 is 0. The third-order valence-corrected chi connectivity index (χ3v) is 3.74. The zero-order valence-electron chi connectivity index (χ0n) is 11.5. The van der Waals surface area contributed by atoms with Gasteiger partial charge < -0.3 is 4.74 Å². The van der Waals surface area contributed by atoms with E-state index in [0.717, 1.165) is 0 Å². The first-order chi connectivity index (χ1) is 10.0. The Morgan fingerprint density at radius 2 is 1.59 bits per heavy atom. The average molecular weight is 344 g/mol. The van der Waals surface area contributed by atoms with Crippen molar-refractivity contribution in [2.75, 3.05) is 0 Å². The van der Waals surface area contributed by atoms with Gasteiger partial charge in [-0.3, -0.25) is 9.35 Å². The minimum atomic E-state index is -5.55. The summed E-state index contributed by atoms with van der Waals surface area (Å²) in [5, 5.41) is 0. The summed E-state index contributed by atoms with van der Waals surface area (Å²) in [5.41, 5.74) is 0. The van der Waals surface area contributed by atoms with Crippen molar-refractivity contribution in [3.63, 3.8) is 0 Å². The number of rotatable bonds is 5. The Morgan fingerprint density at radius 3 is 1.95 bits per heavy atom. The van der Waals surface area contributed by atoms with Crippen LogP contribution in [-0.2, 0) is 14.9 Å². The molecule has 0 aromatic heterocycles. The van der Waals surface area contributed by atoms with Crippen LogP contribution in [0.1, 0.15) is 26.7 Å². The summed E-state index contributed by atoms with van der Waals surface area (Å²) in [4.78, 5) is 9.23. The fraction of sp³-hybridized carbons (Fsp3) is 0.417. The van der Waals surface area contributed by atoms with Crippen LogP contribution in [0.5, 0.6) is 5.75 Å². The van der Waals surface area contributed by atoms with E-state index in [-0.39, 0.29) is 12.3 Å². The predicted octanol–water partition coefficient (Wildman–Crippen LogP) is 2.83. The van der Waals surface area contributed by atoms with Gasteiger partial charge >= 0.3 is 16.1 Å². The van der Waals surface area contributed by atoms with Gasteiger partial charge in [0.25, 0.3) is 0 Å². The van der Waals surface area contributed by atoms with Crippen molar-refractivity contribution < 1.29 is 40.1 Å². The number of hydrogen-bond acceptors (Lipinski definition) is 4. The summed E-state index contributed by atoms with van der Waals surface area (Å²) in [7, 11) is -5.55. The van der Waals surface area contributed by atoms with Gasteiger partial charge in [0.2, 0.25) is 17.4 Å². The van der Waals surface area contributed by atoms with Gasteiger partial charge in [0.05, 0.1) is 0 Å². The maximum absolute atomic E-state index is 13.6. The molecular weight excluding hydrogens is 332 g/mol. The van der Waals surface area contributed by atoms with Crippen LogP contribution in [0.2, 0.25) is 0 Å². The fourth-order valence-corrected chi connectivity index (χ4v) is 2.12. The number of carbonyl (C=O) groups is 1. The molecule has 1 aromatic carbocycles. The minimum Gasteiger partial charge on any atom is -0.420 e. The second kappa shape index (κ2) is 6.61. The Kier molecular flexibility index (Phi) is 5.52. The molecule has 0 amide bonds. The third kappa shape index (κ3) is 3.74. The van der Waals surface area contributed by atoms with Gasteiger partial charge in [-0.05, 0) is 5.92 Å². The van der Waals surface area contributed by atoms with Crippen molar-refractivity contribution >= 4 is 16.1 Å². The monoisotopic (exact) mass is 344 g/mol. The molecule has 0 fully saturated rings. The molecule has 124 valence electrons. The summed E-state index contributed by atoms with van der Waals surface area (Å²) in [6.07, 6.45) is 0.281. The van der Waals surface area contributed by atoms with Crippen molar-refractivity contribution in [3.05, 3.63) is 23.3 Å². The van der Waals surface area contributed by atoms with E-state index in [4.69, 9.17) is 4.55 Å². The van der Waals surface area contributed by atoms with Crippen molar-refractivity contribution in [1.29, 1.82) is 0 Å². The topological polar surface area (TPSA) is 80.7 Å². The maximum atomic E-state index is 13.6. The highest BCUT2D eigenvalue weighted by Gasteiger charge is 2.34. The lowest BCUT2D eigenvalue weighted by molar-refractivity contribution is -0.135. The molecule has 1 unspecified atom stereocenters. The fourth-order valence-electron chi connectivity index (χ4n) is 1.49. The van der Waals surface area contributed by atoms with Gasteiger partial charge in [0, 0.05) is 6.42 Å². The summed E-state index contributed by atoms with van der Waals surface area (Å²) in [5.74, 6) is -12.3. The van der Waals surface area contributed by atoms with Gasteiger partial charge in [0.1, 0.15) is 0 Å². The Bertz CT molecular complexity index is 673. The van der Waals surface area contributed by atoms with E-state index in [1.807, 2.05) is 0 Å². The lowest BCUT2D eigenvalue weighted by Crippen LogP contribution is -2.17. The van der Waals surface area contributed by atoms with E-state index in [0.29, 0.717) is 6.42 Å². The lowest BCUT2D eigenvalue weighted by Gasteiger charge is -2.12. The van der Waals surface area contributed by atoms with Crippen LogP contribution >= 0.6 is 0 Å². The normalized spacial score (nSPS) is 13.0. The van der Waals surface area contributed by atoms with Crippen LogP contribution in [0, 0.1) is 29.2 Å². The second-order valence-corrected chi connectivity index (χ2v) is 5.94. The minimum absolute atomic E-state index is 0.203. The van der Waals surface area contributed by atoms with Gasteiger partial charge in [0.15, 0.2) is 16.5 Å². The Hall–Kier alpha value is -1.68. The van der Waals surface area contributed by atoms with E-state index >= 15 is 0 Å². The largest absolute Gasteiger partial charge is 0.420 e. The van der Waals surface area contributed by atoms with Gasteiger partial charge in [-0.25, -0.2) is 8.78 Å². The van der Waals surface area contributed by atoms with Crippen LogP contribution in [0.3, 0.4) is 0 Å². The molecule has 1 N–H and O–H groups in total. The molecule has 0 bridgehead atoms. The van der Waals surface area contributed by atoms with Crippen molar-refractivity contribution in [2.24, 2.45) is 5.92 Å². The van der Waals surface area contributed by atoms with E-state index in [9.17, 15) is 30.8 Å².